The monoisotopic (exact) mass is 369 g/mol. The Morgan fingerprint density at radius 2 is 1.42 bits per heavy atom. The standard InChI is InChI=1S/C20H19NO4S/c1-24-18-11-7-6-10-17(18)15-12-13-19(25-2)20(14-15)26(22,23)21-16-8-4-3-5-9-16/h3-14,21H,1-2H3. The predicted octanol–water partition coefficient (Wildman–Crippen LogP) is 4.17. The van der Waals surface area contributed by atoms with E-state index in [9.17, 15) is 8.42 Å². The Morgan fingerprint density at radius 3 is 2.12 bits per heavy atom. The van der Waals surface area contributed by atoms with Crippen molar-refractivity contribution in [2.75, 3.05) is 18.9 Å². The number of nitrogens with one attached hydrogen (secondary N) is 1. The molecular formula is C20H19NO4S. The average molecular weight is 369 g/mol. The first-order valence-electron chi connectivity index (χ1n) is 7.94. The van der Waals surface area contributed by atoms with Crippen molar-refractivity contribution in [3.8, 4) is 22.6 Å². The Hall–Kier alpha value is -2.99. The summed E-state index contributed by atoms with van der Waals surface area (Å²) in [5.74, 6) is 0.934. The highest BCUT2D eigenvalue weighted by Gasteiger charge is 2.21. The minimum Gasteiger partial charge on any atom is -0.496 e. The summed E-state index contributed by atoms with van der Waals surface area (Å²) in [5, 5.41) is 0. The third kappa shape index (κ3) is 3.65. The van der Waals surface area contributed by atoms with Crippen LogP contribution in [0.5, 0.6) is 11.5 Å². The fraction of sp³-hybridized carbons (Fsp3) is 0.100. The van der Waals surface area contributed by atoms with Gasteiger partial charge in [-0.2, -0.15) is 0 Å². The van der Waals surface area contributed by atoms with Crippen molar-refractivity contribution in [1.82, 2.24) is 0 Å². The molecule has 0 saturated carbocycles. The van der Waals surface area contributed by atoms with Crippen molar-refractivity contribution in [1.29, 1.82) is 0 Å². The lowest BCUT2D eigenvalue weighted by atomic mass is 10.0. The van der Waals surface area contributed by atoms with E-state index < -0.39 is 10.0 Å². The van der Waals surface area contributed by atoms with E-state index in [4.69, 9.17) is 9.47 Å². The number of para-hydroxylation sites is 2. The van der Waals surface area contributed by atoms with E-state index in [2.05, 4.69) is 4.72 Å². The summed E-state index contributed by atoms with van der Waals surface area (Å²) in [7, 11) is -0.798. The molecule has 0 amide bonds. The first-order valence-corrected chi connectivity index (χ1v) is 9.43. The zero-order chi connectivity index (χ0) is 18.6. The normalized spacial score (nSPS) is 11.0. The zero-order valence-corrected chi connectivity index (χ0v) is 15.3. The molecule has 134 valence electrons. The first-order chi connectivity index (χ1) is 12.5. The molecule has 0 saturated heterocycles. The van der Waals surface area contributed by atoms with Gasteiger partial charge < -0.3 is 9.47 Å². The Labute approximate surface area is 153 Å². The average Bonchev–Trinajstić information content (AvgIpc) is 2.68. The molecule has 0 unspecified atom stereocenters. The lowest BCUT2D eigenvalue weighted by Crippen LogP contribution is -2.14. The Morgan fingerprint density at radius 1 is 0.769 bits per heavy atom. The van der Waals surface area contributed by atoms with E-state index in [1.165, 1.54) is 7.11 Å². The largest absolute Gasteiger partial charge is 0.496 e. The smallest absolute Gasteiger partial charge is 0.265 e. The van der Waals surface area contributed by atoms with Crippen molar-refractivity contribution < 1.29 is 17.9 Å². The van der Waals surface area contributed by atoms with Gasteiger partial charge in [-0.1, -0.05) is 42.5 Å². The minimum atomic E-state index is -3.82. The maximum atomic E-state index is 12.9. The topological polar surface area (TPSA) is 64.6 Å². The van der Waals surface area contributed by atoms with E-state index in [0.29, 0.717) is 11.4 Å². The molecule has 0 aliphatic heterocycles. The summed E-state index contributed by atoms with van der Waals surface area (Å²) >= 11 is 0. The van der Waals surface area contributed by atoms with Gasteiger partial charge in [0.15, 0.2) is 0 Å². The fourth-order valence-corrected chi connectivity index (χ4v) is 3.91. The Balaban J connectivity index is 2.08. The summed E-state index contributed by atoms with van der Waals surface area (Å²) in [4.78, 5) is 0.0623. The quantitative estimate of drug-likeness (QED) is 0.708. The van der Waals surface area contributed by atoms with Crippen LogP contribution in [0.3, 0.4) is 0 Å². The van der Waals surface area contributed by atoms with Gasteiger partial charge in [-0.25, -0.2) is 8.42 Å². The Kier molecular flexibility index (Phi) is 5.14. The molecule has 26 heavy (non-hydrogen) atoms. The highest BCUT2D eigenvalue weighted by atomic mass is 32.2. The molecule has 1 N–H and O–H groups in total. The van der Waals surface area contributed by atoms with Crippen LogP contribution in [-0.4, -0.2) is 22.6 Å². The van der Waals surface area contributed by atoms with Crippen LogP contribution in [0.1, 0.15) is 0 Å². The SMILES string of the molecule is COc1ccccc1-c1ccc(OC)c(S(=O)(=O)Nc2ccccc2)c1. The van der Waals surface area contributed by atoms with E-state index in [0.717, 1.165) is 11.1 Å². The predicted molar refractivity (Wildman–Crippen MR) is 102 cm³/mol. The van der Waals surface area contributed by atoms with Gasteiger partial charge in [0, 0.05) is 11.3 Å². The third-order valence-corrected chi connectivity index (χ3v) is 5.30. The Bertz CT molecular complexity index is 1000. The summed E-state index contributed by atoms with van der Waals surface area (Å²) in [6.07, 6.45) is 0. The van der Waals surface area contributed by atoms with Crippen molar-refractivity contribution in [2.45, 2.75) is 4.90 Å². The third-order valence-electron chi connectivity index (χ3n) is 3.90. The molecule has 6 heteroatoms. The molecule has 0 fully saturated rings. The minimum absolute atomic E-state index is 0.0623. The molecule has 0 aliphatic carbocycles. The number of sulfonamides is 1. The lowest BCUT2D eigenvalue weighted by molar-refractivity contribution is 0.403. The number of hydrogen-bond donors (Lipinski definition) is 1. The van der Waals surface area contributed by atoms with E-state index in [1.54, 1.807) is 49.6 Å². The number of hydrogen-bond acceptors (Lipinski definition) is 4. The number of anilines is 1. The van der Waals surface area contributed by atoms with Crippen LogP contribution in [0.25, 0.3) is 11.1 Å². The maximum absolute atomic E-state index is 12.9. The number of rotatable bonds is 6. The molecule has 5 nitrogen and oxygen atoms in total. The fourth-order valence-electron chi connectivity index (χ4n) is 2.65. The zero-order valence-electron chi connectivity index (χ0n) is 14.5. The van der Waals surface area contributed by atoms with Gasteiger partial charge in [0.25, 0.3) is 10.0 Å². The first kappa shape index (κ1) is 17.8. The second-order valence-corrected chi connectivity index (χ2v) is 7.19. The van der Waals surface area contributed by atoms with Crippen LogP contribution >= 0.6 is 0 Å². The second kappa shape index (κ2) is 7.49. The number of benzene rings is 3. The highest BCUT2D eigenvalue weighted by molar-refractivity contribution is 7.92. The molecule has 3 rings (SSSR count). The molecule has 0 bridgehead atoms. The molecule has 3 aromatic rings. The second-order valence-electron chi connectivity index (χ2n) is 5.54. The van der Waals surface area contributed by atoms with E-state index >= 15 is 0 Å². The summed E-state index contributed by atoms with van der Waals surface area (Å²) in [6, 6.07) is 21.2. The van der Waals surface area contributed by atoms with Crippen LogP contribution in [0.15, 0.2) is 77.7 Å². The highest BCUT2D eigenvalue weighted by Crippen LogP contribution is 2.35. The van der Waals surface area contributed by atoms with Crippen molar-refractivity contribution in [2.24, 2.45) is 0 Å². The van der Waals surface area contributed by atoms with E-state index in [1.807, 2.05) is 30.3 Å². The molecule has 0 radical (unpaired) electrons. The summed E-state index contributed by atoms with van der Waals surface area (Å²) in [5.41, 5.74) is 2.00. The molecule has 0 heterocycles. The number of methoxy groups -OCH3 is 2. The van der Waals surface area contributed by atoms with Crippen LogP contribution in [0.4, 0.5) is 5.69 Å². The van der Waals surface area contributed by atoms with Crippen molar-refractivity contribution in [3.63, 3.8) is 0 Å². The van der Waals surface area contributed by atoms with Gasteiger partial charge >= 0.3 is 0 Å². The molecule has 0 aromatic heterocycles. The molecule has 0 aliphatic rings. The van der Waals surface area contributed by atoms with Crippen molar-refractivity contribution in [3.05, 3.63) is 72.8 Å². The van der Waals surface area contributed by atoms with E-state index in [-0.39, 0.29) is 10.6 Å². The van der Waals surface area contributed by atoms with Gasteiger partial charge in [-0.3, -0.25) is 4.72 Å². The lowest BCUT2D eigenvalue weighted by Gasteiger charge is -2.14. The van der Waals surface area contributed by atoms with Crippen LogP contribution in [-0.2, 0) is 10.0 Å². The van der Waals surface area contributed by atoms with Gasteiger partial charge in [-0.05, 0) is 35.9 Å². The molecule has 0 spiro atoms. The molecule has 0 atom stereocenters. The van der Waals surface area contributed by atoms with Gasteiger partial charge in [0.2, 0.25) is 0 Å². The van der Waals surface area contributed by atoms with Gasteiger partial charge in [-0.15, -0.1) is 0 Å². The number of ether oxygens (including phenoxy) is 2. The molecule has 3 aromatic carbocycles. The summed E-state index contributed by atoms with van der Waals surface area (Å²) in [6.45, 7) is 0. The van der Waals surface area contributed by atoms with Gasteiger partial charge in [0.05, 0.1) is 14.2 Å². The van der Waals surface area contributed by atoms with Gasteiger partial charge in [0.1, 0.15) is 16.4 Å². The van der Waals surface area contributed by atoms with Crippen LogP contribution < -0.4 is 14.2 Å². The summed E-state index contributed by atoms with van der Waals surface area (Å²) < 4.78 is 39.0. The maximum Gasteiger partial charge on any atom is 0.265 e. The molecular weight excluding hydrogens is 350 g/mol. The van der Waals surface area contributed by atoms with Crippen molar-refractivity contribution >= 4 is 15.7 Å². The van der Waals surface area contributed by atoms with Crippen LogP contribution in [0, 0.1) is 0 Å². The van der Waals surface area contributed by atoms with Crippen LogP contribution in [0.2, 0.25) is 0 Å².